The minimum atomic E-state index is -0.250. The summed E-state index contributed by atoms with van der Waals surface area (Å²) in [6, 6.07) is 7.19. The smallest absolute Gasteiger partial charge is 1.00 e. The van der Waals surface area contributed by atoms with Crippen LogP contribution in [0, 0.1) is 0 Å². The maximum Gasteiger partial charge on any atom is 4.00 e. The average Bonchev–Trinajstić information content (AvgIpc) is 2.78. The van der Waals surface area contributed by atoms with Crippen molar-refractivity contribution in [1.82, 2.24) is 0 Å². The molecule has 1 aliphatic carbocycles. The molecular weight excluding hydrogens is 399 g/mol. The zero-order valence-electron chi connectivity index (χ0n) is 14.5. The van der Waals surface area contributed by atoms with E-state index >= 15 is 0 Å². The maximum atomic E-state index is 2.49. The van der Waals surface area contributed by atoms with Gasteiger partial charge in [-0.15, -0.1) is 0 Å². The van der Waals surface area contributed by atoms with Gasteiger partial charge >= 0.3 is 21.7 Å². The van der Waals surface area contributed by atoms with E-state index in [-0.39, 0.29) is 73.9 Å². The molecule has 1 aliphatic rings. The Balaban J connectivity index is -0.000001000. The zero-order chi connectivity index (χ0) is 13.9. The first-order valence-corrected chi connectivity index (χ1v) is 8.97. The summed E-state index contributed by atoms with van der Waals surface area (Å²) in [6.07, 6.45) is 13.2. The molecular formula is C18H27Cl3SiTi. The van der Waals surface area contributed by atoms with Crippen LogP contribution in [0.15, 0.2) is 42.5 Å². The van der Waals surface area contributed by atoms with Crippen LogP contribution in [0.2, 0.25) is 5.04 Å². The van der Waals surface area contributed by atoms with Crippen molar-refractivity contribution < 1.29 is 58.9 Å². The normalized spacial score (nSPS) is 19.5. The van der Waals surface area contributed by atoms with Crippen molar-refractivity contribution in [2.75, 3.05) is 0 Å². The van der Waals surface area contributed by atoms with E-state index in [1.807, 2.05) is 0 Å². The third-order valence-corrected chi connectivity index (χ3v) is 6.64. The summed E-state index contributed by atoms with van der Waals surface area (Å²) in [4.78, 5) is 0. The van der Waals surface area contributed by atoms with Crippen molar-refractivity contribution in [2.45, 2.75) is 57.4 Å². The van der Waals surface area contributed by atoms with E-state index in [1.54, 1.807) is 5.19 Å². The van der Waals surface area contributed by atoms with Crippen molar-refractivity contribution in [1.29, 1.82) is 0 Å². The molecule has 0 aliphatic heterocycles. The average molecular weight is 426 g/mol. The summed E-state index contributed by atoms with van der Waals surface area (Å²) < 4.78 is 0. The molecule has 0 heterocycles. The van der Waals surface area contributed by atoms with Crippen LogP contribution in [0.3, 0.4) is 0 Å². The van der Waals surface area contributed by atoms with Crippen LogP contribution in [0.25, 0.3) is 0 Å². The second kappa shape index (κ2) is 12.1. The van der Waals surface area contributed by atoms with Gasteiger partial charge in [0.05, 0.1) is 0 Å². The van der Waals surface area contributed by atoms with Crippen LogP contribution >= 0.6 is 0 Å². The summed E-state index contributed by atoms with van der Waals surface area (Å²) in [5.74, 6) is 0. The quantitative estimate of drug-likeness (QED) is 0.335. The Kier molecular flexibility index (Phi) is 14.9. The van der Waals surface area contributed by atoms with E-state index in [0.29, 0.717) is 5.04 Å². The van der Waals surface area contributed by atoms with Crippen LogP contribution in [-0.4, -0.2) is 9.52 Å². The number of hydrogen-bond donors (Lipinski definition) is 0. The van der Waals surface area contributed by atoms with Gasteiger partial charge in [0, 0.05) is 9.52 Å². The molecule has 1 aromatic rings. The van der Waals surface area contributed by atoms with Crippen molar-refractivity contribution in [2.24, 2.45) is 0 Å². The fraction of sp³-hybridized carbons (Fsp3) is 0.500. The number of halogens is 3. The third kappa shape index (κ3) is 8.03. The van der Waals surface area contributed by atoms with Gasteiger partial charge in [0.1, 0.15) is 0 Å². The Hall–Kier alpha value is 0.631. The largest absolute Gasteiger partial charge is 4.00 e. The van der Waals surface area contributed by atoms with Gasteiger partial charge in [-0.3, -0.25) is 0 Å². The molecule has 0 fully saturated rings. The van der Waals surface area contributed by atoms with Crippen LogP contribution in [0.5, 0.6) is 0 Å². The molecule has 0 amide bonds. The van der Waals surface area contributed by atoms with E-state index < -0.39 is 0 Å². The Morgan fingerprint density at radius 2 is 1.83 bits per heavy atom. The van der Waals surface area contributed by atoms with Crippen molar-refractivity contribution >= 4 is 14.7 Å². The van der Waals surface area contributed by atoms with Gasteiger partial charge < -0.3 is 37.2 Å². The second-order valence-corrected chi connectivity index (χ2v) is 9.62. The summed E-state index contributed by atoms with van der Waals surface area (Å²) in [5.41, 5.74) is 1.78. The SMILES string of the molecule is CCCC1([SiH2][c-]2ccc(C(C)(C)C)c2)C=CC=CC1.[Cl-].[Cl-].[Cl-].[Ti+4]. The minimum Gasteiger partial charge on any atom is -1.00 e. The Morgan fingerprint density at radius 1 is 1.17 bits per heavy atom. The molecule has 2 rings (SSSR count). The molecule has 1 atom stereocenters. The van der Waals surface area contributed by atoms with Crippen LogP contribution in [0.1, 0.15) is 52.5 Å². The molecule has 0 nitrogen and oxygen atoms in total. The van der Waals surface area contributed by atoms with Gasteiger partial charge in [-0.1, -0.05) is 63.8 Å². The van der Waals surface area contributed by atoms with Crippen LogP contribution in [0.4, 0.5) is 0 Å². The van der Waals surface area contributed by atoms with E-state index in [1.165, 1.54) is 24.8 Å². The number of allylic oxidation sites excluding steroid dienone is 4. The molecule has 0 bridgehead atoms. The fourth-order valence-electron chi connectivity index (χ4n) is 3.09. The second-order valence-electron chi connectivity index (χ2n) is 7.04. The van der Waals surface area contributed by atoms with Gasteiger partial charge in [-0.25, -0.2) is 6.07 Å². The first-order chi connectivity index (χ1) is 8.95. The molecule has 5 heteroatoms. The predicted octanol–water partition coefficient (Wildman–Crippen LogP) is -5.02. The monoisotopic (exact) mass is 424 g/mol. The molecule has 1 aromatic carbocycles. The van der Waals surface area contributed by atoms with E-state index in [2.05, 4.69) is 70.2 Å². The zero-order valence-corrected chi connectivity index (χ0v) is 19.7. The molecule has 0 radical (unpaired) electrons. The van der Waals surface area contributed by atoms with E-state index in [9.17, 15) is 0 Å². The standard InChI is InChI=1S/C18H27Si.3ClH.Ti/c1-5-11-18(12-7-6-8-13-18)19-16-10-9-15(14-16)17(2,3)4;;;;/h6-10,12,14H,5,11,13,19H2,1-4H3;3*1H;/q-1;;;;+4/p-3. The predicted molar refractivity (Wildman–Crippen MR) is 89.4 cm³/mol. The fourth-order valence-corrected chi connectivity index (χ4v) is 5.55. The minimum absolute atomic E-state index is 0. The summed E-state index contributed by atoms with van der Waals surface area (Å²) in [7, 11) is -0.250. The summed E-state index contributed by atoms with van der Waals surface area (Å²) >= 11 is 0. The number of rotatable bonds is 4. The van der Waals surface area contributed by atoms with Crippen molar-refractivity contribution in [3.8, 4) is 0 Å². The van der Waals surface area contributed by atoms with Crippen LogP contribution in [-0.2, 0) is 27.1 Å². The first kappa shape index (κ1) is 28.4. The molecule has 128 valence electrons. The third-order valence-electron chi connectivity index (χ3n) is 4.21. The molecule has 0 spiro atoms. The van der Waals surface area contributed by atoms with Gasteiger partial charge in [-0.2, -0.15) is 22.9 Å². The maximum absolute atomic E-state index is 2.49. The summed E-state index contributed by atoms with van der Waals surface area (Å²) in [6.45, 7) is 9.23. The molecule has 1 unspecified atom stereocenters. The molecule has 0 N–H and O–H groups in total. The molecule has 23 heavy (non-hydrogen) atoms. The molecule has 0 aromatic heterocycles. The van der Waals surface area contributed by atoms with E-state index in [4.69, 9.17) is 0 Å². The molecule has 0 saturated carbocycles. The topological polar surface area (TPSA) is 0 Å². The first-order valence-electron chi connectivity index (χ1n) is 7.56. The Labute approximate surface area is 178 Å². The van der Waals surface area contributed by atoms with Gasteiger partial charge in [0.25, 0.3) is 0 Å². The summed E-state index contributed by atoms with van der Waals surface area (Å²) in [5, 5.41) is 2.13. The Morgan fingerprint density at radius 3 is 2.26 bits per heavy atom. The van der Waals surface area contributed by atoms with Crippen LogP contribution < -0.4 is 42.4 Å². The van der Waals surface area contributed by atoms with Crippen molar-refractivity contribution in [3.05, 3.63) is 48.1 Å². The Bertz CT molecular complexity index is 489. The van der Waals surface area contributed by atoms with Crippen molar-refractivity contribution in [3.63, 3.8) is 0 Å². The van der Waals surface area contributed by atoms with Gasteiger partial charge in [0.15, 0.2) is 0 Å². The van der Waals surface area contributed by atoms with Gasteiger partial charge in [0.2, 0.25) is 0 Å². The van der Waals surface area contributed by atoms with Gasteiger partial charge in [-0.05, 0) is 17.9 Å². The number of hydrogen-bond acceptors (Lipinski definition) is 0. The van der Waals surface area contributed by atoms with E-state index in [0.717, 1.165) is 0 Å². The molecule has 0 saturated heterocycles.